The van der Waals surface area contributed by atoms with Crippen molar-refractivity contribution in [2.45, 2.75) is 16.7 Å². The van der Waals surface area contributed by atoms with Crippen LogP contribution in [0.2, 0.25) is 0 Å². The topological polar surface area (TPSA) is 34.1 Å². The average molecular weight is 282 g/mol. The van der Waals surface area contributed by atoms with Gasteiger partial charge in [-0.1, -0.05) is 17.7 Å². The molecule has 0 fully saturated rings. The molecule has 0 saturated carbocycles. The molecular weight excluding hydrogens is 271 g/mol. The summed E-state index contributed by atoms with van der Waals surface area (Å²) in [6.07, 6.45) is 0. The molecule has 0 bridgehead atoms. The van der Waals surface area contributed by atoms with Crippen LogP contribution in [0.3, 0.4) is 0 Å². The van der Waals surface area contributed by atoms with Crippen molar-refractivity contribution >= 4 is 19.7 Å². The minimum atomic E-state index is -3.49. The number of halogens is 1. The lowest BCUT2D eigenvalue weighted by Crippen LogP contribution is -1.95. The lowest BCUT2D eigenvalue weighted by molar-refractivity contribution is 0.608. The molecule has 5 heteroatoms. The normalized spacial score (nSPS) is 11.4. The highest BCUT2D eigenvalue weighted by atomic mass is 33.1. The van der Waals surface area contributed by atoms with Gasteiger partial charge < -0.3 is 0 Å². The molecule has 0 spiro atoms. The molecule has 0 radical (unpaired) electrons. The monoisotopic (exact) mass is 282 g/mol. The summed E-state index contributed by atoms with van der Waals surface area (Å²) in [5, 5.41) is 0. The van der Waals surface area contributed by atoms with Crippen LogP contribution < -0.4 is 0 Å². The summed E-state index contributed by atoms with van der Waals surface area (Å²) in [6.45, 7) is 1.93. The largest absolute Gasteiger partial charge is 0.234 e. The van der Waals surface area contributed by atoms with Gasteiger partial charge in [0.15, 0.2) is 0 Å². The van der Waals surface area contributed by atoms with Crippen LogP contribution >= 0.6 is 10.8 Å². The molecule has 0 aliphatic heterocycles. The maximum Gasteiger partial charge on any atom is 0.234 e. The van der Waals surface area contributed by atoms with Crippen molar-refractivity contribution in [3.8, 4) is 0 Å². The smallest absolute Gasteiger partial charge is 0.212 e. The van der Waals surface area contributed by atoms with Gasteiger partial charge in [-0.25, -0.2) is 12.8 Å². The summed E-state index contributed by atoms with van der Waals surface area (Å²) < 4.78 is 36.8. The number of aryl methyl sites for hydroxylation is 1. The zero-order valence-corrected chi connectivity index (χ0v) is 11.3. The van der Waals surface area contributed by atoms with Gasteiger partial charge in [-0.2, -0.15) is 0 Å². The summed E-state index contributed by atoms with van der Waals surface area (Å²) >= 11 is 0. The van der Waals surface area contributed by atoms with Crippen LogP contribution in [-0.4, -0.2) is 8.42 Å². The highest BCUT2D eigenvalue weighted by molar-refractivity contribution is 8.72. The molecule has 18 heavy (non-hydrogen) atoms. The van der Waals surface area contributed by atoms with Gasteiger partial charge >= 0.3 is 0 Å². The Hall–Kier alpha value is -1.33. The lowest BCUT2D eigenvalue weighted by Gasteiger charge is -2.04. The van der Waals surface area contributed by atoms with Crippen molar-refractivity contribution in [1.29, 1.82) is 0 Å². The third-order valence-electron chi connectivity index (χ3n) is 2.33. The van der Waals surface area contributed by atoms with Gasteiger partial charge in [-0.05, 0) is 43.3 Å². The van der Waals surface area contributed by atoms with Gasteiger partial charge in [0, 0.05) is 15.7 Å². The zero-order valence-electron chi connectivity index (χ0n) is 9.63. The van der Waals surface area contributed by atoms with Gasteiger partial charge in [-0.3, -0.25) is 0 Å². The Morgan fingerprint density at radius 1 is 0.944 bits per heavy atom. The second-order valence-corrected chi connectivity index (χ2v) is 7.64. The first-order chi connectivity index (χ1) is 8.47. The first-order valence-corrected chi connectivity index (χ1v) is 8.06. The third kappa shape index (κ3) is 3.11. The predicted molar refractivity (Wildman–Crippen MR) is 70.6 cm³/mol. The standard InChI is InChI=1S/C13H11FO2S2/c1-10-2-6-12(7-3-10)17-18(15,16)13-8-4-11(14)5-9-13/h2-9H,1H3. The Morgan fingerprint density at radius 3 is 2.06 bits per heavy atom. The molecular formula is C13H11FO2S2. The summed E-state index contributed by atoms with van der Waals surface area (Å²) in [5.41, 5.74) is 1.07. The highest BCUT2D eigenvalue weighted by Crippen LogP contribution is 2.30. The van der Waals surface area contributed by atoms with Gasteiger partial charge in [-0.15, -0.1) is 0 Å². The quantitative estimate of drug-likeness (QED) is 0.806. The Balaban J connectivity index is 2.27. The number of benzene rings is 2. The van der Waals surface area contributed by atoms with E-state index in [2.05, 4.69) is 0 Å². The Labute approximate surface area is 109 Å². The van der Waals surface area contributed by atoms with E-state index in [1.807, 2.05) is 19.1 Å². The molecule has 2 rings (SSSR count). The molecule has 0 saturated heterocycles. The van der Waals surface area contributed by atoms with Crippen molar-refractivity contribution in [3.63, 3.8) is 0 Å². The summed E-state index contributed by atoms with van der Waals surface area (Å²) in [5.74, 6) is -0.450. The lowest BCUT2D eigenvalue weighted by atomic mass is 10.2. The van der Waals surface area contributed by atoms with Crippen molar-refractivity contribution in [3.05, 3.63) is 59.9 Å². The molecule has 0 amide bonds. The van der Waals surface area contributed by atoms with Gasteiger partial charge in [0.25, 0.3) is 0 Å². The molecule has 0 aliphatic rings. The second-order valence-electron chi connectivity index (χ2n) is 3.80. The van der Waals surface area contributed by atoms with Crippen LogP contribution in [0.25, 0.3) is 0 Å². The summed E-state index contributed by atoms with van der Waals surface area (Å²) in [7, 11) is -2.73. The van der Waals surface area contributed by atoms with E-state index < -0.39 is 14.7 Å². The first-order valence-electron chi connectivity index (χ1n) is 5.24. The van der Waals surface area contributed by atoms with Crippen LogP contribution in [0.1, 0.15) is 5.56 Å². The maximum absolute atomic E-state index is 12.7. The van der Waals surface area contributed by atoms with Crippen LogP contribution in [0.15, 0.2) is 58.3 Å². The van der Waals surface area contributed by atoms with Gasteiger partial charge in [0.2, 0.25) is 8.87 Å². The molecule has 0 aliphatic carbocycles. The predicted octanol–water partition coefficient (Wildman–Crippen LogP) is 3.62. The Morgan fingerprint density at radius 2 is 1.50 bits per heavy atom. The second kappa shape index (κ2) is 5.12. The Kier molecular flexibility index (Phi) is 3.73. The van der Waals surface area contributed by atoms with Crippen molar-refractivity contribution in [1.82, 2.24) is 0 Å². The zero-order chi connectivity index (χ0) is 13.2. The average Bonchev–Trinajstić information content (AvgIpc) is 2.32. The van der Waals surface area contributed by atoms with Crippen molar-refractivity contribution in [2.75, 3.05) is 0 Å². The van der Waals surface area contributed by atoms with E-state index in [-0.39, 0.29) is 4.90 Å². The number of hydrogen-bond donors (Lipinski definition) is 0. The van der Waals surface area contributed by atoms with Crippen molar-refractivity contribution < 1.29 is 12.8 Å². The fraction of sp³-hybridized carbons (Fsp3) is 0.0769. The number of rotatable bonds is 3. The third-order valence-corrected chi connectivity index (χ3v) is 5.68. The van der Waals surface area contributed by atoms with Gasteiger partial charge in [0.05, 0.1) is 4.90 Å². The van der Waals surface area contributed by atoms with Crippen molar-refractivity contribution in [2.24, 2.45) is 0 Å². The summed E-state index contributed by atoms with van der Waals surface area (Å²) in [4.78, 5) is 0.749. The van der Waals surface area contributed by atoms with E-state index in [0.717, 1.165) is 28.5 Å². The van der Waals surface area contributed by atoms with E-state index in [4.69, 9.17) is 0 Å². The SMILES string of the molecule is Cc1ccc(SS(=O)(=O)c2ccc(F)cc2)cc1. The minimum Gasteiger partial charge on any atom is -0.212 e. The van der Waals surface area contributed by atoms with Crippen LogP contribution in [0.5, 0.6) is 0 Å². The summed E-state index contributed by atoms with van der Waals surface area (Å²) in [6, 6.07) is 12.0. The molecule has 0 N–H and O–H groups in total. The minimum absolute atomic E-state index is 0.106. The van der Waals surface area contributed by atoms with E-state index in [1.165, 1.54) is 12.1 Å². The molecule has 2 aromatic rings. The van der Waals surface area contributed by atoms with Crippen LogP contribution in [0.4, 0.5) is 4.39 Å². The van der Waals surface area contributed by atoms with Gasteiger partial charge in [0.1, 0.15) is 5.82 Å². The number of hydrogen-bond acceptors (Lipinski definition) is 3. The van der Waals surface area contributed by atoms with E-state index >= 15 is 0 Å². The fourth-order valence-electron chi connectivity index (χ4n) is 1.37. The fourth-order valence-corrected chi connectivity index (χ4v) is 4.15. The van der Waals surface area contributed by atoms with E-state index in [9.17, 15) is 12.8 Å². The molecule has 2 aromatic carbocycles. The molecule has 0 atom stereocenters. The van der Waals surface area contributed by atoms with Crippen LogP contribution in [0, 0.1) is 12.7 Å². The Bertz CT molecular complexity index is 632. The molecule has 0 aromatic heterocycles. The molecule has 0 heterocycles. The highest BCUT2D eigenvalue weighted by Gasteiger charge is 2.16. The van der Waals surface area contributed by atoms with E-state index in [0.29, 0.717) is 4.90 Å². The van der Waals surface area contributed by atoms with E-state index in [1.54, 1.807) is 12.1 Å². The first kappa shape index (κ1) is 13.1. The molecule has 94 valence electrons. The van der Waals surface area contributed by atoms with Crippen LogP contribution in [-0.2, 0) is 8.87 Å². The molecule has 0 unspecified atom stereocenters. The maximum atomic E-state index is 12.7. The molecule has 2 nitrogen and oxygen atoms in total.